The van der Waals surface area contributed by atoms with Crippen LogP contribution >= 0.6 is 0 Å². The highest BCUT2D eigenvalue weighted by molar-refractivity contribution is 5.78. The molecular weight excluding hydrogens is 298 g/mol. The Hall–Kier alpha value is -3.19. The van der Waals surface area contributed by atoms with Crippen molar-refractivity contribution in [2.75, 3.05) is 0 Å². The van der Waals surface area contributed by atoms with Crippen molar-refractivity contribution in [1.29, 1.82) is 5.26 Å². The predicted octanol–water partition coefficient (Wildman–Crippen LogP) is 4.47. The van der Waals surface area contributed by atoms with Crippen molar-refractivity contribution in [2.24, 2.45) is 0 Å². The number of ether oxygens (including phenoxy) is 1. The SMILES string of the molecule is CC(C)Oc1nc(-c2ccccc2)c(-c2ccccc2)nc1C#N. The molecule has 4 heteroatoms. The van der Waals surface area contributed by atoms with Crippen LogP contribution in [0.5, 0.6) is 5.88 Å². The molecule has 0 fully saturated rings. The number of rotatable bonds is 4. The molecule has 1 heterocycles. The van der Waals surface area contributed by atoms with E-state index in [9.17, 15) is 5.26 Å². The Kier molecular flexibility index (Phi) is 4.53. The lowest BCUT2D eigenvalue weighted by atomic mass is 10.0. The molecule has 0 amide bonds. The summed E-state index contributed by atoms with van der Waals surface area (Å²) in [7, 11) is 0. The molecule has 0 saturated carbocycles. The normalized spacial score (nSPS) is 10.4. The molecule has 0 N–H and O–H groups in total. The van der Waals surface area contributed by atoms with E-state index in [4.69, 9.17) is 4.74 Å². The molecule has 4 nitrogen and oxygen atoms in total. The molecule has 3 rings (SSSR count). The first-order chi connectivity index (χ1) is 11.7. The van der Waals surface area contributed by atoms with Crippen molar-refractivity contribution in [3.63, 3.8) is 0 Å². The van der Waals surface area contributed by atoms with Crippen LogP contribution in [-0.4, -0.2) is 16.1 Å². The highest BCUT2D eigenvalue weighted by atomic mass is 16.5. The van der Waals surface area contributed by atoms with E-state index in [-0.39, 0.29) is 17.7 Å². The highest BCUT2D eigenvalue weighted by Gasteiger charge is 2.18. The van der Waals surface area contributed by atoms with Gasteiger partial charge in [-0.25, -0.2) is 9.97 Å². The molecule has 0 bridgehead atoms. The Balaban J connectivity index is 2.25. The maximum absolute atomic E-state index is 9.43. The second kappa shape index (κ2) is 6.93. The molecule has 0 aliphatic carbocycles. The predicted molar refractivity (Wildman–Crippen MR) is 93.4 cm³/mol. The Morgan fingerprint density at radius 3 is 1.79 bits per heavy atom. The Morgan fingerprint density at radius 1 is 0.833 bits per heavy atom. The Bertz CT molecular complexity index is 869. The first-order valence-corrected chi connectivity index (χ1v) is 7.78. The molecule has 0 unspecified atom stereocenters. The van der Waals surface area contributed by atoms with Gasteiger partial charge in [-0.05, 0) is 13.8 Å². The smallest absolute Gasteiger partial charge is 0.252 e. The molecule has 0 radical (unpaired) electrons. The van der Waals surface area contributed by atoms with Crippen LogP contribution in [-0.2, 0) is 0 Å². The molecule has 0 saturated heterocycles. The average molecular weight is 315 g/mol. The van der Waals surface area contributed by atoms with E-state index in [0.717, 1.165) is 11.1 Å². The molecule has 0 aliphatic heterocycles. The van der Waals surface area contributed by atoms with Crippen molar-refractivity contribution >= 4 is 0 Å². The summed E-state index contributed by atoms with van der Waals surface area (Å²) >= 11 is 0. The van der Waals surface area contributed by atoms with E-state index in [1.807, 2.05) is 74.5 Å². The van der Waals surface area contributed by atoms with E-state index in [0.29, 0.717) is 11.4 Å². The Labute approximate surface area is 141 Å². The van der Waals surface area contributed by atoms with Crippen LogP contribution in [0.3, 0.4) is 0 Å². The number of benzene rings is 2. The van der Waals surface area contributed by atoms with Crippen LogP contribution in [0.25, 0.3) is 22.5 Å². The van der Waals surface area contributed by atoms with Crippen molar-refractivity contribution in [1.82, 2.24) is 9.97 Å². The lowest BCUT2D eigenvalue weighted by molar-refractivity contribution is 0.231. The number of aromatic nitrogens is 2. The largest absolute Gasteiger partial charge is 0.473 e. The summed E-state index contributed by atoms with van der Waals surface area (Å²) < 4.78 is 5.69. The minimum atomic E-state index is -0.0856. The summed E-state index contributed by atoms with van der Waals surface area (Å²) in [5, 5.41) is 9.43. The quantitative estimate of drug-likeness (QED) is 0.712. The molecule has 2 aromatic carbocycles. The van der Waals surface area contributed by atoms with Crippen molar-refractivity contribution in [3.8, 4) is 34.5 Å². The maximum atomic E-state index is 9.43. The Morgan fingerprint density at radius 2 is 1.33 bits per heavy atom. The molecule has 0 atom stereocenters. The van der Waals surface area contributed by atoms with Gasteiger partial charge in [0.1, 0.15) is 11.8 Å². The molecule has 1 aromatic heterocycles. The standard InChI is InChI=1S/C20H17N3O/c1-14(2)24-20-17(13-21)22-18(15-9-5-3-6-10-15)19(23-20)16-11-7-4-8-12-16/h3-12,14H,1-2H3. The van der Waals surface area contributed by atoms with E-state index in [2.05, 4.69) is 16.0 Å². The van der Waals surface area contributed by atoms with Crippen molar-refractivity contribution in [2.45, 2.75) is 20.0 Å². The van der Waals surface area contributed by atoms with Gasteiger partial charge in [-0.3, -0.25) is 0 Å². The zero-order chi connectivity index (χ0) is 16.9. The second-order valence-electron chi connectivity index (χ2n) is 5.59. The maximum Gasteiger partial charge on any atom is 0.252 e. The summed E-state index contributed by atoms with van der Waals surface area (Å²) in [5.74, 6) is 0.269. The zero-order valence-corrected chi connectivity index (χ0v) is 13.6. The third-order valence-electron chi connectivity index (χ3n) is 3.41. The minimum Gasteiger partial charge on any atom is -0.473 e. The van der Waals surface area contributed by atoms with Crippen LogP contribution in [0.2, 0.25) is 0 Å². The number of hydrogen-bond acceptors (Lipinski definition) is 4. The van der Waals surface area contributed by atoms with Gasteiger partial charge in [0.25, 0.3) is 5.88 Å². The van der Waals surface area contributed by atoms with Crippen LogP contribution in [0, 0.1) is 11.3 Å². The third kappa shape index (κ3) is 3.26. The fourth-order valence-electron chi connectivity index (χ4n) is 2.39. The number of hydrogen-bond donors (Lipinski definition) is 0. The van der Waals surface area contributed by atoms with Gasteiger partial charge in [-0.2, -0.15) is 5.26 Å². The first-order valence-electron chi connectivity index (χ1n) is 7.78. The fourth-order valence-corrected chi connectivity index (χ4v) is 2.39. The van der Waals surface area contributed by atoms with Gasteiger partial charge in [0.15, 0.2) is 0 Å². The number of nitriles is 1. The lowest BCUT2D eigenvalue weighted by Gasteiger charge is -2.14. The first kappa shape index (κ1) is 15.7. The lowest BCUT2D eigenvalue weighted by Crippen LogP contribution is -2.10. The second-order valence-corrected chi connectivity index (χ2v) is 5.59. The molecule has 0 aliphatic rings. The van der Waals surface area contributed by atoms with Crippen LogP contribution < -0.4 is 4.74 Å². The average Bonchev–Trinajstić information content (AvgIpc) is 2.62. The van der Waals surface area contributed by atoms with Crippen molar-refractivity contribution < 1.29 is 4.74 Å². The van der Waals surface area contributed by atoms with Crippen LogP contribution in [0.4, 0.5) is 0 Å². The van der Waals surface area contributed by atoms with E-state index in [1.165, 1.54) is 0 Å². The van der Waals surface area contributed by atoms with Gasteiger partial charge in [-0.1, -0.05) is 60.7 Å². The van der Waals surface area contributed by atoms with Crippen LogP contribution in [0.1, 0.15) is 19.5 Å². The monoisotopic (exact) mass is 315 g/mol. The van der Waals surface area contributed by atoms with Gasteiger partial charge in [0.2, 0.25) is 5.69 Å². The number of nitrogens with zero attached hydrogens (tertiary/aromatic N) is 3. The van der Waals surface area contributed by atoms with E-state index < -0.39 is 0 Å². The van der Waals surface area contributed by atoms with Crippen molar-refractivity contribution in [3.05, 3.63) is 66.4 Å². The molecular formula is C20H17N3O. The van der Waals surface area contributed by atoms with Gasteiger partial charge in [0.05, 0.1) is 11.8 Å². The minimum absolute atomic E-state index is 0.0856. The fraction of sp³-hybridized carbons (Fsp3) is 0.150. The zero-order valence-electron chi connectivity index (χ0n) is 13.6. The molecule has 118 valence electrons. The summed E-state index contributed by atoms with van der Waals surface area (Å²) in [5.41, 5.74) is 3.42. The van der Waals surface area contributed by atoms with Gasteiger partial charge in [0, 0.05) is 11.1 Å². The summed E-state index contributed by atoms with van der Waals surface area (Å²) in [6, 6.07) is 21.6. The summed E-state index contributed by atoms with van der Waals surface area (Å²) in [6.45, 7) is 3.80. The van der Waals surface area contributed by atoms with Gasteiger partial charge >= 0.3 is 0 Å². The van der Waals surface area contributed by atoms with Gasteiger partial charge < -0.3 is 4.74 Å². The summed E-state index contributed by atoms with van der Waals surface area (Å²) in [4.78, 5) is 9.17. The molecule has 0 spiro atoms. The van der Waals surface area contributed by atoms with E-state index in [1.54, 1.807) is 0 Å². The van der Waals surface area contributed by atoms with Crippen LogP contribution in [0.15, 0.2) is 60.7 Å². The van der Waals surface area contributed by atoms with E-state index >= 15 is 0 Å². The topological polar surface area (TPSA) is 58.8 Å². The molecule has 3 aromatic rings. The third-order valence-corrected chi connectivity index (χ3v) is 3.41. The van der Waals surface area contributed by atoms with Gasteiger partial charge in [-0.15, -0.1) is 0 Å². The molecule has 24 heavy (non-hydrogen) atoms. The highest BCUT2D eigenvalue weighted by Crippen LogP contribution is 2.32. The summed E-state index contributed by atoms with van der Waals surface area (Å²) in [6.07, 6.45) is -0.0856.